The van der Waals surface area contributed by atoms with Crippen molar-refractivity contribution < 1.29 is 9.74 Å². The Morgan fingerprint density at radius 1 is 1.36 bits per heavy atom. The average molecular weight is 414 g/mol. The van der Waals surface area contributed by atoms with Crippen LogP contribution in [0.1, 0.15) is 21.8 Å². The van der Waals surface area contributed by atoms with Crippen molar-refractivity contribution in [2.75, 3.05) is 13.6 Å². The molecular weight excluding hydrogens is 396 g/mol. The number of fused-ring (bicyclic) bond motifs is 5. The first-order chi connectivity index (χ1) is 13.7. The second-order valence-corrected chi connectivity index (χ2v) is 8.44. The van der Waals surface area contributed by atoms with Gasteiger partial charge in [0.1, 0.15) is 17.7 Å². The summed E-state index contributed by atoms with van der Waals surface area (Å²) in [4.78, 5) is 18.6. The number of likely N-dealkylation sites (N-methyl/N-ethyl adjacent to an activating group) is 1. The first-order valence-corrected chi connectivity index (χ1v) is 10.2. The first kappa shape index (κ1) is 17.5. The van der Waals surface area contributed by atoms with Gasteiger partial charge < -0.3 is 9.74 Å². The van der Waals surface area contributed by atoms with Crippen molar-refractivity contribution in [2.24, 2.45) is 5.16 Å². The summed E-state index contributed by atoms with van der Waals surface area (Å²) >= 11 is 7.65. The van der Waals surface area contributed by atoms with E-state index in [1.807, 2.05) is 24.3 Å². The number of quaternary nitrogens is 1. The van der Waals surface area contributed by atoms with Crippen molar-refractivity contribution in [3.8, 4) is 0 Å². The fraction of sp³-hybridized carbons (Fsp3) is 0.263. The Balaban J connectivity index is 1.39. The van der Waals surface area contributed by atoms with E-state index in [0.717, 1.165) is 40.9 Å². The third kappa shape index (κ3) is 3.23. The molecule has 0 fully saturated rings. The fourth-order valence-electron chi connectivity index (χ4n) is 3.46. The number of thiophene rings is 1. The highest BCUT2D eigenvalue weighted by Gasteiger charge is 2.24. The molecule has 1 N–H and O–H groups in total. The Morgan fingerprint density at radius 3 is 3.07 bits per heavy atom. The molecule has 7 nitrogen and oxygen atoms in total. The minimum atomic E-state index is 0.201. The SMILES string of the molecule is C[NH+]1CCc2c(sc3ncn4nc(CO/N=C\c5ccc(Cl)cc5)nc4c23)C1. The molecule has 28 heavy (non-hydrogen) atoms. The van der Waals surface area contributed by atoms with Gasteiger partial charge in [-0.1, -0.05) is 28.9 Å². The number of oxime groups is 1. The molecule has 4 aromatic rings. The monoisotopic (exact) mass is 413 g/mol. The van der Waals surface area contributed by atoms with Gasteiger partial charge in [0.05, 0.1) is 30.1 Å². The second kappa shape index (κ2) is 7.12. The highest BCUT2D eigenvalue weighted by molar-refractivity contribution is 7.19. The van der Waals surface area contributed by atoms with Gasteiger partial charge in [0, 0.05) is 11.4 Å². The summed E-state index contributed by atoms with van der Waals surface area (Å²) < 4.78 is 1.74. The van der Waals surface area contributed by atoms with Crippen LogP contribution in [-0.2, 0) is 24.4 Å². The van der Waals surface area contributed by atoms with E-state index in [-0.39, 0.29) is 6.61 Å². The number of hydrogen-bond donors (Lipinski definition) is 1. The molecule has 0 spiro atoms. The third-order valence-corrected chi connectivity index (χ3v) is 6.25. The van der Waals surface area contributed by atoms with Crippen molar-refractivity contribution in [3.63, 3.8) is 0 Å². The average Bonchev–Trinajstić information content (AvgIpc) is 3.26. The Hall–Kier alpha value is -2.55. The van der Waals surface area contributed by atoms with E-state index < -0.39 is 0 Å². The molecule has 0 amide bonds. The molecule has 0 saturated heterocycles. The predicted molar refractivity (Wildman–Crippen MR) is 109 cm³/mol. The van der Waals surface area contributed by atoms with Gasteiger partial charge in [-0.2, -0.15) is 0 Å². The van der Waals surface area contributed by atoms with Crippen LogP contribution in [-0.4, -0.2) is 39.4 Å². The van der Waals surface area contributed by atoms with Crippen molar-refractivity contribution >= 4 is 45.0 Å². The number of aromatic nitrogens is 4. The molecular formula is C19H18ClN6OS+. The van der Waals surface area contributed by atoms with Crippen molar-refractivity contribution in [3.05, 3.63) is 57.4 Å². The van der Waals surface area contributed by atoms with Gasteiger partial charge in [-0.25, -0.2) is 14.5 Å². The Kier molecular flexibility index (Phi) is 4.46. The summed E-state index contributed by atoms with van der Waals surface area (Å²) in [5, 5.41) is 10.3. The number of nitrogens with zero attached hydrogens (tertiary/aromatic N) is 5. The van der Waals surface area contributed by atoms with Gasteiger partial charge in [-0.3, -0.25) is 0 Å². The molecule has 0 saturated carbocycles. The molecule has 0 radical (unpaired) electrons. The van der Waals surface area contributed by atoms with E-state index in [4.69, 9.17) is 21.4 Å². The largest absolute Gasteiger partial charge is 0.387 e. The summed E-state index contributed by atoms with van der Waals surface area (Å²) in [5.74, 6) is 0.584. The predicted octanol–water partition coefficient (Wildman–Crippen LogP) is 2.11. The number of nitrogens with one attached hydrogen (secondary N) is 1. The second-order valence-electron chi connectivity index (χ2n) is 6.92. The number of benzene rings is 1. The lowest BCUT2D eigenvalue weighted by Gasteiger charge is -2.19. The smallest absolute Gasteiger partial charge is 0.192 e. The standard InChI is InChI=1S/C19H17ClN6OS/c1-25-7-6-14-15(9-25)28-19-17(14)18-23-16(24-26(18)11-21-19)10-27-22-8-12-2-4-13(20)5-3-12/h2-5,8,11H,6-7,9-10H2,1H3/p+1/b22-8-. The van der Waals surface area contributed by atoms with Gasteiger partial charge >= 0.3 is 0 Å². The maximum Gasteiger partial charge on any atom is 0.192 e. The third-order valence-electron chi connectivity index (χ3n) is 4.86. The Morgan fingerprint density at radius 2 is 2.21 bits per heavy atom. The van der Waals surface area contributed by atoms with E-state index in [1.54, 1.807) is 28.4 Å². The molecule has 4 heterocycles. The maximum atomic E-state index is 5.88. The van der Waals surface area contributed by atoms with Crippen molar-refractivity contribution in [1.29, 1.82) is 0 Å². The van der Waals surface area contributed by atoms with Gasteiger partial charge in [0.25, 0.3) is 0 Å². The zero-order valence-electron chi connectivity index (χ0n) is 15.2. The van der Waals surface area contributed by atoms with Crippen molar-refractivity contribution in [1.82, 2.24) is 19.6 Å². The molecule has 1 atom stereocenters. The Bertz CT molecular complexity index is 1180. The summed E-state index contributed by atoms with van der Waals surface area (Å²) in [7, 11) is 2.23. The number of rotatable bonds is 4. The molecule has 1 aromatic carbocycles. The Labute approximate surface area is 170 Å². The molecule has 3 aromatic heterocycles. The van der Waals surface area contributed by atoms with Gasteiger partial charge in [0.2, 0.25) is 0 Å². The van der Waals surface area contributed by atoms with Crippen LogP contribution in [0, 0.1) is 0 Å². The molecule has 5 rings (SSSR count). The van der Waals surface area contributed by atoms with Gasteiger partial charge in [0.15, 0.2) is 18.1 Å². The zero-order valence-corrected chi connectivity index (χ0v) is 16.8. The zero-order chi connectivity index (χ0) is 19.1. The minimum Gasteiger partial charge on any atom is -0.387 e. The molecule has 1 unspecified atom stereocenters. The molecule has 1 aliphatic rings. The van der Waals surface area contributed by atoms with E-state index >= 15 is 0 Å². The highest BCUT2D eigenvalue weighted by atomic mass is 35.5. The summed E-state index contributed by atoms with van der Waals surface area (Å²) in [6, 6.07) is 7.37. The molecule has 0 aliphatic carbocycles. The summed E-state index contributed by atoms with van der Waals surface area (Å²) in [6.07, 6.45) is 4.41. The number of halogens is 1. The van der Waals surface area contributed by atoms with E-state index in [9.17, 15) is 0 Å². The lowest BCUT2D eigenvalue weighted by Crippen LogP contribution is -3.08. The van der Waals surface area contributed by atoms with Crippen LogP contribution in [0.2, 0.25) is 5.02 Å². The van der Waals surface area contributed by atoms with Crippen LogP contribution < -0.4 is 4.90 Å². The van der Waals surface area contributed by atoms with Crippen molar-refractivity contribution in [2.45, 2.75) is 19.6 Å². The number of hydrogen-bond acceptors (Lipinski definition) is 6. The van der Waals surface area contributed by atoms with Crippen LogP contribution >= 0.6 is 22.9 Å². The minimum absolute atomic E-state index is 0.201. The molecule has 1 aliphatic heterocycles. The maximum absolute atomic E-state index is 5.88. The van der Waals surface area contributed by atoms with Gasteiger partial charge in [-0.15, -0.1) is 16.4 Å². The van der Waals surface area contributed by atoms with E-state index in [0.29, 0.717) is 10.8 Å². The summed E-state index contributed by atoms with van der Waals surface area (Å²) in [6.45, 7) is 2.38. The molecule has 0 bridgehead atoms. The molecule has 9 heteroatoms. The first-order valence-electron chi connectivity index (χ1n) is 9.04. The topological polar surface area (TPSA) is 69.1 Å². The van der Waals surface area contributed by atoms with Crippen LogP contribution in [0.25, 0.3) is 15.9 Å². The van der Waals surface area contributed by atoms with Crippen LogP contribution in [0.4, 0.5) is 0 Å². The highest BCUT2D eigenvalue weighted by Crippen LogP contribution is 2.33. The quantitative estimate of drug-likeness (QED) is 0.411. The fourth-order valence-corrected chi connectivity index (χ4v) is 4.88. The lowest BCUT2D eigenvalue weighted by molar-refractivity contribution is -0.895. The van der Waals surface area contributed by atoms with E-state index in [2.05, 4.69) is 22.3 Å². The van der Waals surface area contributed by atoms with Crippen LogP contribution in [0.15, 0.2) is 35.7 Å². The normalized spacial score (nSPS) is 16.9. The van der Waals surface area contributed by atoms with Crippen LogP contribution in [0.5, 0.6) is 0 Å². The van der Waals surface area contributed by atoms with Crippen LogP contribution in [0.3, 0.4) is 0 Å². The van der Waals surface area contributed by atoms with Gasteiger partial charge in [-0.05, 0) is 23.3 Å². The lowest BCUT2D eigenvalue weighted by atomic mass is 10.1. The van der Waals surface area contributed by atoms with E-state index in [1.165, 1.54) is 15.3 Å². The molecule has 142 valence electrons. The summed E-state index contributed by atoms with van der Waals surface area (Å²) in [5.41, 5.74) is 3.14.